The summed E-state index contributed by atoms with van der Waals surface area (Å²) in [5.74, 6) is -1.66. The quantitative estimate of drug-likeness (QED) is 0.370. The number of likely N-dealkylation sites (tertiary alicyclic amines) is 1. The first-order valence-electron chi connectivity index (χ1n) is 9.11. The maximum atomic E-state index is 13.9. The van der Waals surface area contributed by atoms with Crippen molar-refractivity contribution in [3.8, 4) is 5.75 Å². The normalized spacial score (nSPS) is 18.2. The number of carbonyl (C=O) groups excluding carboxylic acids is 2. The Morgan fingerprint density at radius 1 is 1.27 bits per heavy atom. The Bertz CT molecular complexity index is 1150. The highest BCUT2D eigenvalue weighted by Crippen LogP contribution is 2.42. The molecule has 4 rings (SSSR count). The minimum atomic E-state index is -0.950. The van der Waals surface area contributed by atoms with E-state index in [4.69, 9.17) is 9.15 Å². The number of amides is 1. The van der Waals surface area contributed by atoms with E-state index in [1.807, 2.05) is 17.5 Å². The van der Waals surface area contributed by atoms with Gasteiger partial charge in [0.05, 0.1) is 24.8 Å². The number of furan rings is 1. The van der Waals surface area contributed by atoms with E-state index in [-0.39, 0.29) is 23.4 Å². The maximum absolute atomic E-state index is 13.9. The number of aryl methyl sites for hydroxylation is 1. The van der Waals surface area contributed by atoms with E-state index < -0.39 is 29.3 Å². The number of Topliss-reactive ketones (excluding diaryl/α,β-unsaturated/α-hetero) is 1. The highest BCUT2D eigenvalue weighted by Gasteiger charge is 2.47. The first-order chi connectivity index (χ1) is 14.4. The van der Waals surface area contributed by atoms with Gasteiger partial charge in [0.15, 0.2) is 0 Å². The van der Waals surface area contributed by atoms with Crippen molar-refractivity contribution in [3.05, 3.63) is 81.2 Å². The monoisotopic (exact) mass is 427 g/mol. The largest absolute Gasteiger partial charge is 0.507 e. The lowest BCUT2D eigenvalue weighted by atomic mass is 9.98. The zero-order valence-corrected chi connectivity index (χ0v) is 17.0. The van der Waals surface area contributed by atoms with Crippen molar-refractivity contribution in [2.75, 3.05) is 7.11 Å². The SMILES string of the molecule is COc1ccc(F)cc1/C(O)=C1\C(=O)C(=O)N(Cc2cccs2)C1c1ccc(C)o1. The highest BCUT2D eigenvalue weighted by atomic mass is 32.1. The smallest absolute Gasteiger partial charge is 0.296 e. The zero-order valence-electron chi connectivity index (χ0n) is 16.2. The molecule has 6 nitrogen and oxygen atoms in total. The fraction of sp³-hybridized carbons (Fsp3) is 0.182. The van der Waals surface area contributed by atoms with Crippen molar-refractivity contribution in [1.82, 2.24) is 4.90 Å². The highest BCUT2D eigenvalue weighted by molar-refractivity contribution is 7.09. The van der Waals surface area contributed by atoms with Gasteiger partial charge < -0.3 is 19.2 Å². The summed E-state index contributed by atoms with van der Waals surface area (Å²) in [6, 6.07) is 9.70. The summed E-state index contributed by atoms with van der Waals surface area (Å²) in [4.78, 5) is 28.1. The fourth-order valence-corrected chi connectivity index (χ4v) is 4.22. The summed E-state index contributed by atoms with van der Waals surface area (Å²) in [7, 11) is 1.37. The zero-order chi connectivity index (χ0) is 21.4. The van der Waals surface area contributed by atoms with E-state index in [0.717, 1.165) is 10.9 Å². The Hall–Kier alpha value is -3.39. The van der Waals surface area contributed by atoms with Crippen LogP contribution in [0.25, 0.3) is 5.76 Å². The number of hydrogen-bond acceptors (Lipinski definition) is 6. The number of nitrogens with zero attached hydrogens (tertiary/aromatic N) is 1. The molecule has 0 saturated carbocycles. The minimum absolute atomic E-state index is 0.0140. The van der Waals surface area contributed by atoms with Crippen LogP contribution in [-0.2, 0) is 16.1 Å². The van der Waals surface area contributed by atoms with E-state index in [1.165, 1.54) is 35.5 Å². The summed E-state index contributed by atoms with van der Waals surface area (Å²) in [6.45, 7) is 1.91. The van der Waals surface area contributed by atoms with Crippen LogP contribution in [0, 0.1) is 12.7 Å². The van der Waals surface area contributed by atoms with Crippen LogP contribution in [-0.4, -0.2) is 28.8 Å². The molecule has 0 aliphatic carbocycles. The molecule has 3 heterocycles. The van der Waals surface area contributed by atoms with Crippen molar-refractivity contribution in [2.45, 2.75) is 19.5 Å². The van der Waals surface area contributed by atoms with E-state index >= 15 is 0 Å². The van der Waals surface area contributed by atoms with Crippen LogP contribution in [0.1, 0.15) is 28.0 Å². The van der Waals surface area contributed by atoms with E-state index in [0.29, 0.717) is 11.5 Å². The predicted octanol–water partition coefficient (Wildman–Crippen LogP) is 4.42. The number of aliphatic hydroxyl groups excluding tert-OH is 1. The number of methoxy groups -OCH3 is 1. The molecule has 1 N–H and O–H groups in total. The van der Waals surface area contributed by atoms with E-state index in [1.54, 1.807) is 19.1 Å². The van der Waals surface area contributed by atoms with Crippen molar-refractivity contribution in [1.29, 1.82) is 0 Å². The molecule has 0 spiro atoms. The molecule has 0 bridgehead atoms. The van der Waals surface area contributed by atoms with E-state index in [2.05, 4.69) is 0 Å². The van der Waals surface area contributed by atoms with Gasteiger partial charge >= 0.3 is 0 Å². The van der Waals surface area contributed by atoms with Gasteiger partial charge in [0.2, 0.25) is 0 Å². The number of ether oxygens (including phenoxy) is 1. The number of aliphatic hydroxyl groups is 1. The van der Waals surface area contributed by atoms with Crippen molar-refractivity contribution in [3.63, 3.8) is 0 Å². The third-order valence-electron chi connectivity index (χ3n) is 4.89. The summed E-state index contributed by atoms with van der Waals surface area (Å²) in [6.07, 6.45) is 0. The molecule has 30 heavy (non-hydrogen) atoms. The molecule has 2 aromatic heterocycles. The molecule has 1 aliphatic rings. The number of carbonyl (C=O) groups is 2. The van der Waals surface area contributed by atoms with Gasteiger partial charge in [-0.2, -0.15) is 0 Å². The Balaban J connectivity index is 1.90. The molecule has 1 amide bonds. The van der Waals surface area contributed by atoms with Crippen LogP contribution in [0.2, 0.25) is 0 Å². The van der Waals surface area contributed by atoms with Gasteiger partial charge in [-0.3, -0.25) is 9.59 Å². The Kier molecular flexibility index (Phi) is 5.17. The Morgan fingerprint density at radius 3 is 2.70 bits per heavy atom. The van der Waals surface area contributed by atoms with Gasteiger partial charge in [0, 0.05) is 4.88 Å². The first-order valence-corrected chi connectivity index (χ1v) is 9.99. The first kappa shape index (κ1) is 19.9. The number of rotatable bonds is 5. The lowest BCUT2D eigenvalue weighted by molar-refractivity contribution is -0.140. The lowest BCUT2D eigenvalue weighted by Gasteiger charge is -2.23. The molecule has 1 aliphatic heterocycles. The maximum Gasteiger partial charge on any atom is 0.296 e. The predicted molar refractivity (Wildman–Crippen MR) is 109 cm³/mol. The second-order valence-electron chi connectivity index (χ2n) is 6.80. The number of hydrogen-bond donors (Lipinski definition) is 1. The van der Waals surface area contributed by atoms with Gasteiger partial charge in [0.1, 0.15) is 34.9 Å². The van der Waals surface area contributed by atoms with Crippen LogP contribution in [0.5, 0.6) is 5.75 Å². The Morgan fingerprint density at radius 2 is 2.07 bits per heavy atom. The summed E-state index contributed by atoms with van der Waals surface area (Å²) in [5, 5.41) is 12.9. The van der Waals surface area contributed by atoms with Gasteiger partial charge in [-0.05, 0) is 48.7 Å². The minimum Gasteiger partial charge on any atom is -0.507 e. The number of thiophene rings is 1. The van der Waals surface area contributed by atoms with Crippen molar-refractivity contribution in [2.24, 2.45) is 0 Å². The third kappa shape index (κ3) is 3.39. The van der Waals surface area contributed by atoms with Crippen molar-refractivity contribution < 1.29 is 28.2 Å². The van der Waals surface area contributed by atoms with Gasteiger partial charge in [0.25, 0.3) is 11.7 Å². The number of ketones is 1. The summed E-state index contributed by atoms with van der Waals surface area (Å²) < 4.78 is 24.8. The van der Waals surface area contributed by atoms with Crippen LogP contribution >= 0.6 is 11.3 Å². The van der Waals surface area contributed by atoms with Gasteiger partial charge in [-0.1, -0.05) is 6.07 Å². The Labute approximate surface area is 175 Å². The molecule has 1 fully saturated rings. The molecule has 1 aromatic carbocycles. The van der Waals surface area contributed by atoms with Crippen LogP contribution in [0.4, 0.5) is 4.39 Å². The fourth-order valence-electron chi connectivity index (χ4n) is 3.52. The average Bonchev–Trinajstić information content (AvgIpc) is 3.45. The topological polar surface area (TPSA) is 80.0 Å². The lowest BCUT2D eigenvalue weighted by Crippen LogP contribution is -2.28. The van der Waals surface area contributed by atoms with Crippen LogP contribution in [0.3, 0.4) is 0 Å². The standard InChI is InChI=1S/C22H18FNO5S/c1-12-5-7-17(29-12)19-18(20(25)15-10-13(23)6-8-16(15)28-2)21(26)22(27)24(19)11-14-4-3-9-30-14/h3-10,19,25H,11H2,1-2H3/b20-18+. The molecular formula is C22H18FNO5S. The van der Waals surface area contributed by atoms with Crippen molar-refractivity contribution >= 4 is 28.8 Å². The molecular weight excluding hydrogens is 409 g/mol. The van der Waals surface area contributed by atoms with Crippen LogP contribution in [0.15, 0.2) is 57.8 Å². The molecule has 154 valence electrons. The summed E-state index contributed by atoms with van der Waals surface area (Å²) in [5.41, 5.74) is -0.185. The van der Waals surface area contributed by atoms with Gasteiger partial charge in [-0.15, -0.1) is 11.3 Å². The average molecular weight is 427 g/mol. The number of halogens is 1. The summed E-state index contributed by atoms with van der Waals surface area (Å²) >= 11 is 1.45. The second-order valence-corrected chi connectivity index (χ2v) is 7.83. The molecule has 1 saturated heterocycles. The van der Waals surface area contributed by atoms with Gasteiger partial charge in [-0.25, -0.2) is 4.39 Å². The molecule has 8 heteroatoms. The number of benzene rings is 1. The van der Waals surface area contributed by atoms with Crippen LogP contribution < -0.4 is 4.74 Å². The molecule has 1 atom stereocenters. The molecule has 0 radical (unpaired) electrons. The third-order valence-corrected chi connectivity index (χ3v) is 5.75. The molecule has 1 unspecified atom stereocenters. The second kappa shape index (κ2) is 7.79. The van der Waals surface area contributed by atoms with E-state index in [9.17, 15) is 19.1 Å². The molecule has 3 aromatic rings.